The van der Waals surface area contributed by atoms with E-state index in [9.17, 15) is 5.53 Å². The molecule has 1 aliphatic heterocycles. The molecule has 56 heavy (non-hydrogen) atoms. The fourth-order valence-electron chi connectivity index (χ4n) is 7.77. The molecule has 0 amide bonds. The van der Waals surface area contributed by atoms with Gasteiger partial charge in [-0.15, -0.1) is 0 Å². The second kappa shape index (κ2) is 32.4. The van der Waals surface area contributed by atoms with E-state index in [1.54, 1.807) is 19.1 Å². The summed E-state index contributed by atoms with van der Waals surface area (Å²) >= 11 is 1.66. The molecule has 1 aliphatic rings. The van der Waals surface area contributed by atoms with E-state index in [-0.39, 0.29) is 0 Å². The standard InChI is InChI=1S/C47H74N2.2C3H5.Ni/c1-6-11-16-18-20-25-29-39-32-40(30-26-21-19-17-12-7-2)35-44(34-39)46-38-43(31-24-15-10-5)47(49(46)48)45-36-41(27-22-13-8-3)33-42(37-45)28-23-14-9-4;2*1-3-2;/h32-38H,6-31H2,1-5H3;2*3H,1-2H2;. The molecule has 0 fully saturated rings. The Labute approximate surface area is 353 Å². The third-order valence-electron chi connectivity index (χ3n) is 10.9. The Balaban J connectivity index is 0.00000141. The van der Waals surface area contributed by atoms with Gasteiger partial charge in [0, 0.05) is 22.8 Å². The zero-order chi connectivity index (χ0) is 40.6. The molecule has 1 heterocycles. The zero-order valence-corrected chi connectivity index (χ0v) is 38.1. The second-order valence-corrected chi connectivity index (χ2v) is 17.5. The maximum atomic E-state index is 12.2. The number of hydrogen-bond acceptors (Lipinski definition) is 0. The fourth-order valence-corrected chi connectivity index (χ4v) is 8.33. The molecule has 0 aliphatic carbocycles. The van der Waals surface area contributed by atoms with E-state index < -0.39 is 0 Å². The molecule has 0 saturated heterocycles. The molecular formula is C53H84N2Ni. The number of hydrogen-bond donors (Lipinski definition) is 0. The summed E-state index contributed by atoms with van der Waals surface area (Å²) in [5.74, 6) is 0. The Morgan fingerprint density at radius 1 is 0.464 bits per heavy atom. The summed E-state index contributed by atoms with van der Waals surface area (Å²) in [6, 6.07) is 14.5. The van der Waals surface area contributed by atoms with Crippen molar-refractivity contribution in [1.82, 2.24) is 0 Å². The average Bonchev–Trinajstić information content (AvgIpc) is 3.53. The van der Waals surface area contributed by atoms with Gasteiger partial charge in [-0.1, -0.05) is 149 Å². The summed E-state index contributed by atoms with van der Waals surface area (Å²) < 4.78 is 1.58. The predicted molar refractivity (Wildman–Crippen MR) is 246 cm³/mol. The third kappa shape index (κ3) is 20.3. The van der Waals surface area contributed by atoms with Gasteiger partial charge in [-0.3, -0.25) is 0 Å². The van der Waals surface area contributed by atoms with Crippen molar-refractivity contribution in [3.8, 4) is 0 Å². The Bertz CT molecular complexity index is 1380. The maximum absolute atomic E-state index is 12.2. The van der Waals surface area contributed by atoms with Crippen LogP contribution < -0.4 is 0 Å². The minimum absolute atomic E-state index is 0.972. The molecule has 3 rings (SSSR count). The van der Waals surface area contributed by atoms with Gasteiger partial charge in [0.25, 0.3) is 0 Å². The zero-order valence-electron chi connectivity index (χ0n) is 37.1. The molecule has 0 aromatic heterocycles. The summed E-state index contributed by atoms with van der Waals surface area (Å²) in [6.45, 7) is 18.6. The third-order valence-corrected chi connectivity index (χ3v) is 12.1. The maximum Gasteiger partial charge on any atom is 0.210 e. The van der Waals surface area contributed by atoms with Crippen LogP contribution in [0.25, 0.3) is 16.9 Å². The first-order chi connectivity index (χ1) is 27.5. The number of aryl methyl sites for hydroxylation is 4. The molecule has 0 spiro atoms. The van der Waals surface area contributed by atoms with E-state index in [2.05, 4.69) is 90.3 Å². The van der Waals surface area contributed by atoms with Gasteiger partial charge in [-0.2, -0.15) is 0 Å². The van der Waals surface area contributed by atoms with Crippen LogP contribution in [-0.4, -0.2) is 4.70 Å². The Morgan fingerprint density at radius 3 is 1.21 bits per heavy atom. The first kappa shape index (κ1) is 49.6. The number of nitrogens with zero attached hydrogens (tertiary/aromatic N) is 2. The average molecular weight is 808 g/mol. The largest absolute Gasteiger partial charge is 0.493 e. The number of benzene rings is 2. The minimum Gasteiger partial charge on any atom is -0.493 e. The molecule has 0 radical (unpaired) electrons. The van der Waals surface area contributed by atoms with Crippen molar-refractivity contribution in [2.24, 2.45) is 0 Å². The van der Waals surface area contributed by atoms with Crippen molar-refractivity contribution < 1.29 is 19.1 Å². The van der Waals surface area contributed by atoms with Gasteiger partial charge in [-0.05, 0) is 111 Å². The topological polar surface area (TPSA) is 25.3 Å². The van der Waals surface area contributed by atoms with Crippen LogP contribution in [0, 0.1) is 0 Å². The van der Waals surface area contributed by atoms with E-state index in [4.69, 9.17) is 0 Å². The molecule has 0 saturated carbocycles. The Hall–Kier alpha value is -2.51. The van der Waals surface area contributed by atoms with Crippen molar-refractivity contribution >= 4 is 11.4 Å². The van der Waals surface area contributed by atoms with Gasteiger partial charge in [0.1, 0.15) is 0 Å². The smallest absolute Gasteiger partial charge is 0.210 e. The van der Waals surface area contributed by atoms with Gasteiger partial charge in [-0.25, -0.2) is 4.70 Å². The monoisotopic (exact) mass is 807 g/mol. The van der Waals surface area contributed by atoms with Gasteiger partial charge in [0.05, 0.1) is 0 Å². The van der Waals surface area contributed by atoms with Crippen LogP contribution in [-0.2, 0) is 40.1 Å². The van der Waals surface area contributed by atoms with E-state index in [1.165, 1.54) is 167 Å². The predicted octanol–water partition coefficient (Wildman–Crippen LogP) is 17.6. The van der Waals surface area contributed by atoms with Crippen molar-refractivity contribution in [2.75, 3.05) is 0 Å². The molecule has 3 heteroatoms. The first-order valence-electron chi connectivity index (χ1n) is 23.3. The minimum atomic E-state index is 0.972. The van der Waals surface area contributed by atoms with Crippen molar-refractivity contribution in [2.45, 2.75) is 212 Å². The molecule has 0 N–H and O–H groups in total. The summed E-state index contributed by atoms with van der Waals surface area (Å²) in [6.07, 6.45) is 38.6. The first-order valence-corrected chi connectivity index (χ1v) is 24.7. The quantitative estimate of drug-likeness (QED) is 0.0305. The molecule has 0 unspecified atom stereocenters. The van der Waals surface area contributed by atoms with Crippen LogP contribution in [0.3, 0.4) is 0 Å². The molecule has 316 valence electrons. The van der Waals surface area contributed by atoms with Crippen LogP contribution in [0.15, 0.2) is 73.4 Å². The summed E-state index contributed by atoms with van der Waals surface area (Å²) in [4.78, 5) is 0. The number of unbranched alkanes of at least 4 members (excludes halogenated alkanes) is 16. The van der Waals surface area contributed by atoms with Gasteiger partial charge in [0.15, 0.2) is 0 Å². The Kier molecular flexibility index (Phi) is 28.8. The van der Waals surface area contributed by atoms with Crippen LogP contribution in [0.4, 0.5) is 0 Å². The molecule has 2 nitrogen and oxygen atoms in total. The van der Waals surface area contributed by atoms with E-state index in [0.717, 1.165) is 60.7 Å². The SMILES string of the molecule is C=C[CH2][Ni][CH2]C=C.CCCCCCCCc1cc(CCCCCCCC)cc(C2=CC(CCCCC)=C(c3cc(CCCCC)cc(CCCCC)c3)[N+]2=[N-])c1. The van der Waals surface area contributed by atoms with Gasteiger partial charge in [0.2, 0.25) is 11.4 Å². The van der Waals surface area contributed by atoms with E-state index in [0.29, 0.717) is 0 Å². The molecule has 2 aromatic rings. The van der Waals surface area contributed by atoms with Crippen molar-refractivity contribution in [3.63, 3.8) is 0 Å². The van der Waals surface area contributed by atoms with E-state index in [1.807, 2.05) is 12.2 Å². The molecule has 0 bridgehead atoms. The van der Waals surface area contributed by atoms with Crippen molar-refractivity contribution in [1.29, 1.82) is 0 Å². The van der Waals surface area contributed by atoms with E-state index >= 15 is 0 Å². The summed E-state index contributed by atoms with van der Waals surface area (Å²) in [5.41, 5.74) is 23.6. The van der Waals surface area contributed by atoms with Gasteiger partial charge >= 0.3 is 50.5 Å². The molecular weight excluding hydrogens is 723 g/mol. The van der Waals surface area contributed by atoms with Crippen LogP contribution >= 0.6 is 0 Å². The summed E-state index contributed by atoms with van der Waals surface area (Å²) in [5, 5.41) is 2.11. The summed E-state index contributed by atoms with van der Waals surface area (Å²) in [7, 11) is 0. The van der Waals surface area contributed by atoms with Crippen LogP contribution in [0.2, 0.25) is 10.8 Å². The van der Waals surface area contributed by atoms with Crippen LogP contribution in [0.5, 0.6) is 0 Å². The molecule has 2 aromatic carbocycles. The number of allylic oxidation sites excluding steroid dienone is 4. The fraction of sp³-hybridized carbons (Fsp3) is 0.623. The van der Waals surface area contributed by atoms with Gasteiger partial charge < -0.3 is 5.53 Å². The van der Waals surface area contributed by atoms with Crippen molar-refractivity contribution in [3.05, 3.63) is 112 Å². The Morgan fingerprint density at radius 2 is 0.804 bits per heavy atom. The van der Waals surface area contributed by atoms with Crippen LogP contribution in [0.1, 0.15) is 209 Å². The number of rotatable bonds is 32. The second-order valence-electron chi connectivity index (χ2n) is 16.2. The molecule has 0 atom stereocenters. The normalized spacial score (nSPS) is 12.6.